The lowest BCUT2D eigenvalue weighted by atomic mass is 9.69. The third kappa shape index (κ3) is 23.8. The summed E-state index contributed by atoms with van der Waals surface area (Å²) in [4.78, 5) is 21.0. The van der Waals surface area contributed by atoms with E-state index in [2.05, 4.69) is 94.7 Å². The number of hydrogen-bond donors (Lipinski definition) is 2. The first-order valence-corrected chi connectivity index (χ1v) is 19.8. The van der Waals surface area contributed by atoms with E-state index < -0.39 is 0 Å². The van der Waals surface area contributed by atoms with E-state index in [-0.39, 0.29) is 5.78 Å². The smallest absolute Gasteiger partial charge is 0.160 e. The van der Waals surface area contributed by atoms with E-state index in [0.717, 1.165) is 49.4 Å². The fourth-order valence-corrected chi connectivity index (χ4v) is 5.81. The number of hydrogen-bond acceptors (Lipinski definition) is 4. The van der Waals surface area contributed by atoms with Crippen LogP contribution in [0.4, 0.5) is 0 Å². The summed E-state index contributed by atoms with van der Waals surface area (Å²) >= 11 is 0. The van der Waals surface area contributed by atoms with Crippen molar-refractivity contribution in [2.75, 3.05) is 13.1 Å². The van der Waals surface area contributed by atoms with Crippen molar-refractivity contribution in [2.45, 2.75) is 173 Å². The van der Waals surface area contributed by atoms with Gasteiger partial charge in [-0.1, -0.05) is 137 Å². The second-order valence-corrected chi connectivity index (χ2v) is 12.3. The molecule has 4 heteroatoms. The quantitative estimate of drug-likeness (QED) is 0.0950. The van der Waals surface area contributed by atoms with Crippen LogP contribution >= 0.6 is 0 Å². The third-order valence-corrected chi connectivity index (χ3v) is 8.25. The van der Waals surface area contributed by atoms with Gasteiger partial charge in [-0.25, -0.2) is 0 Å². The van der Waals surface area contributed by atoms with Gasteiger partial charge in [0.25, 0.3) is 0 Å². The maximum atomic E-state index is 12.2. The van der Waals surface area contributed by atoms with E-state index in [0.29, 0.717) is 12.0 Å². The van der Waals surface area contributed by atoms with Crippen LogP contribution in [0.25, 0.3) is 0 Å². The zero-order chi connectivity index (χ0) is 37.2. The van der Waals surface area contributed by atoms with Crippen LogP contribution in [-0.4, -0.2) is 31.2 Å². The fourth-order valence-electron chi connectivity index (χ4n) is 5.81. The predicted octanol–water partition coefficient (Wildman–Crippen LogP) is 12.2. The van der Waals surface area contributed by atoms with E-state index in [1.54, 1.807) is 18.1 Å². The highest BCUT2D eigenvalue weighted by molar-refractivity contribution is 5.98. The third-order valence-electron chi connectivity index (χ3n) is 8.25. The van der Waals surface area contributed by atoms with Gasteiger partial charge in [0, 0.05) is 17.3 Å². The van der Waals surface area contributed by atoms with Crippen molar-refractivity contribution in [3.63, 3.8) is 0 Å². The number of allylic oxidation sites excluding steroid dienone is 5. The molecule has 1 aliphatic carbocycles. The fraction of sp³-hybridized carbons (Fsp3) is 0.682. The molecule has 278 valence electrons. The zero-order valence-electron chi connectivity index (χ0n) is 34.1. The van der Waals surface area contributed by atoms with Gasteiger partial charge in [0.1, 0.15) is 6.29 Å². The Bertz CT molecular complexity index is 950. The Morgan fingerprint density at radius 1 is 0.812 bits per heavy atom. The van der Waals surface area contributed by atoms with Crippen LogP contribution in [0.2, 0.25) is 0 Å². The number of piperidine rings is 1. The highest BCUT2D eigenvalue weighted by Gasteiger charge is 2.30. The average Bonchev–Trinajstić information content (AvgIpc) is 3.10. The van der Waals surface area contributed by atoms with Gasteiger partial charge >= 0.3 is 0 Å². The number of rotatable bonds is 13. The summed E-state index contributed by atoms with van der Waals surface area (Å²) in [6.07, 6.45) is 22.2. The monoisotopic (exact) mass is 669 g/mol. The van der Waals surface area contributed by atoms with Crippen molar-refractivity contribution in [3.05, 3.63) is 70.5 Å². The van der Waals surface area contributed by atoms with Gasteiger partial charge in [0.05, 0.1) is 0 Å². The molecule has 0 atom stereocenters. The van der Waals surface area contributed by atoms with E-state index in [4.69, 9.17) is 4.79 Å². The van der Waals surface area contributed by atoms with Crippen molar-refractivity contribution >= 4 is 12.1 Å². The molecule has 1 heterocycles. The Kier molecular flexibility index (Phi) is 37.3. The minimum Gasteiger partial charge on any atom is -0.382 e. The molecule has 3 rings (SSSR count). The molecular weight excluding hydrogens is 588 g/mol. The van der Waals surface area contributed by atoms with Crippen molar-refractivity contribution < 1.29 is 9.59 Å². The predicted molar refractivity (Wildman–Crippen MR) is 216 cm³/mol. The van der Waals surface area contributed by atoms with Gasteiger partial charge in [-0.2, -0.15) is 0 Å². The molecule has 1 saturated carbocycles. The maximum absolute atomic E-state index is 12.2. The lowest BCUT2D eigenvalue weighted by Gasteiger charge is -2.35. The molecule has 2 N–H and O–H groups in total. The molecule has 2 fully saturated rings. The van der Waals surface area contributed by atoms with Crippen molar-refractivity contribution in [2.24, 2.45) is 11.8 Å². The molecule has 0 spiro atoms. The number of carbonyl (C=O) groups excluding carboxylic acids is 2. The molecule has 0 amide bonds. The zero-order valence-corrected chi connectivity index (χ0v) is 34.1. The Morgan fingerprint density at radius 2 is 1.27 bits per heavy atom. The molecule has 1 aliphatic heterocycles. The van der Waals surface area contributed by atoms with Gasteiger partial charge in [0.15, 0.2) is 5.78 Å². The molecule has 1 aromatic rings. The van der Waals surface area contributed by atoms with E-state index in [9.17, 15) is 4.79 Å². The molecule has 4 nitrogen and oxygen atoms in total. The number of Topliss-reactive ketones (excluding diaryl/α,β-unsaturated/α-hetero) is 1. The summed E-state index contributed by atoms with van der Waals surface area (Å²) in [5.41, 5.74) is 6.29. The van der Waals surface area contributed by atoms with Gasteiger partial charge < -0.3 is 15.4 Å². The number of nitrogens with one attached hydrogen (secondary N) is 2. The van der Waals surface area contributed by atoms with Gasteiger partial charge in [-0.3, -0.25) is 4.79 Å². The van der Waals surface area contributed by atoms with Gasteiger partial charge in [0.2, 0.25) is 0 Å². The molecule has 0 radical (unpaired) electrons. The molecule has 2 aliphatic rings. The highest BCUT2D eigenvalue weighted by atomic mass is 16.1. The van der Waals surface area contributed by atoms with E-state index in [1.807, 2.05) is 34.6 Å². The number of aryl methyl sites for hydroxylation is 2. The molecule has 0 aromatic heterocycles. The van der Waals surface area contributed by atoms with Crippen LogP contribution in [0.1, 0.15) is 165 Å². The molecule has 0 unspecified atom stereocenters. The Hall–Kier alpha value is -2.46. The van der Waals surface area contributed by atoms with Crippen LogP contribution in [0, 0.1) is 11.8 Å². The second-order valence-electron chi connectivity index (χ2n) is 12.3. The van der Waals surface area contributed by atoms with Crippen LogP contribution in [-0.2, 0) is 22.4 Å². The molecular formula is C44H80N2O2. The van der Waals surface area contributed by atoms with Gasteiger partial charge in [-0.05, 0) is 114 Å². The minimum absolute atomic E-state index is 0.170. The molecule has 1 aromatic carbocycles. The number of aldehydes is 1. The molecule has 1 saturated heterocycles. The van der Waals surface area contributed by atoms with E-state index >= 15 is 0 Å². The first kappa shape index (κ1) is 49.9. The van der Waals surface area contributed by atoms with Crippen LogP contribution < -0.4 is 10.6 Å². The lowest BCUT2D eigenvalue weighted by Crippen LogP contribution is -2.39. The average molecular weight is 669 g/mol. The SMILES string of the molecule is CC.CC.CC=O.CCCCCC.CCCc1ccccc1CCC.C\C=C(/C(=C\C(=C/C)NC1CCNCC1)C(C)=O)C1CC(C)C1. The number of ketones is 1. The van der Waals surface area contributed by atoms with Crippen LogP contribution in [0.5, 0.6) is 0 Å². The summed E-state index contributed by atoms with van der Waals surface area (Å²) in [5, 5.41) is 7.01. The van der Waals surface area contributed by atoms with Crippen molar-refractivity contribution in [1.29, 1.82) is 0 Å². The molecule has 48 heavy (non-hydrogen) atoms. The normalized spacial score (nSPS) is 17.4. The maximum Gasteiger partial charge on any atom is 0.160 e. The summed E-state index contributed by atoms with van der Waals surface area (Å²) in [6, 6.07) is 9.31. The summed E-state index contributed by atoms with van der Waals surface area (Å²) in [6.45, 7) is 28.6. The summed E-state index contributed by atoms with van der Waals surface area (Å²) in [5.74, 6) is 1.52. The summed E-state index contributed by atoms with van der Waals surface area (Å²) in [7, 11) is 0. The Labute approximate surface area is 300 Å². The number of carbonyl (C=O) groups is 2. The standard InChI is InChI=1S/C20H32N2O.C12H18.C6H14.C2H4O.2C2H6/c1-5-17(22-18-7-9-21-10-8-18)13-20(15(4)23)19(6-2)16-11-14(3)12-16;1-3-7-11-9-5-6-10-12(11)8-4-2;1-3-5-6-4-2;1-2-3;2*1-2/h5-6,13-14,16,18,21-22H,7-12H2,1-4H3;5-6,9-10H,3-4,7-8H2,1-2H3;3-6H2,1-2H3;2H,1H3;2*1-2H3/b17-5+,19-6-,20-13-;;;;;. The van der Waals surface area contributed by atoms with Crippen molar-refractivity contribution in [1.82, 2.24) is 10.6 Å². The Balaban J connectivity index is -0.000000675. The van der Waals surface area contributed by atoms with E-state index in [1.165, 1.54) is 76.7 Å². The largest absolute Gasteiger partial charge is 0.382 e. The topological polar surface area (TPSA) is 58.2 Å². The first-order valence-electron chi connectivity index (χ1n) is 19.8. The summed E-state index contributed by atoms with van der Waals surface area (Å²) < 4.78 is 0. The van der Waals surface area contributed by atoms with Crippen molar-refractivity contribution in [3.8, 4) is 0 Å². The van der Waals surface area contributed by atoms with Crippen LogP contribution in [0.3, 0.4) is 0 Å². The minimum atomic E-state index is 0.170. The number of unbranched alkanes of at least 4 members (excludes halogenated alkanes) is 3. The Morgan fingerprint density at radius 3 is 1.60 bits per heavy atom. The highest BCUT2D eigenvalue weighted by Crippen LogP contribution is 2.41. The van der Waals surface area contributed by atoms with Crippen LogP contribution in [0.15, 0.2) is 59.3 Å². The first-order chi connectivity index (χ1) is 23.3. The lowest BCUT2D eigenvalue weighted by molar-refractivity contribution is -0.113. The second kappa shape index (κ2) is 35.8. The molecule has 0 bridgehead atoms. The van der Waals surface area contributed by atoms with Gasteiger partial charge in [-0.15, -0.1) is 0 Å². The number of benzene rings is 1.